The van der Waals surface area contributed by atoms with E-state index in [9.17, 15) is 4.39 Å². The van der Waals surface area contributed by atoms with Gasteiger partial charge < -0.3 is 0 Å². The molecule has 1 aliphatic rings. The Morgan fingerprint density at radius 1 is 1.44 bits per heavy atom. The molecule has 1 aliphatic carbocycles. The average molecular weight is 307 g/mol. The van der Waals surface area contributed by atoms with Gasteiger partial charge in [0.1, 0.15) is 5.82 Å². The maximum Gasteiger partial charge on any atom is 0.137 e. The van der Waals surface area contributed by atoms with Gasteiger partial charge >= 0.3 is 0 Å². The third kappa shape index (κ3) is 2.96. The largest absolute Gasteiger partial charge is 0.295 e. The number of rotatable bonds is 5. The molecule has 4 heteroatoms. The number of hydrogen-bond acceptors (Lipinski definition) is 1. The summed E-state index contributed by atoms with van der Waals surface area (Å²) in [6, 6.07) is 5.82. The fourth-order valence-corrected chi connectivity index (χ4v) is 2.44. The number of benzene rings is 1. The van der Waals surface area contributed by atoms with Crippen LogP contribution in [0.4, 0.5) is 4.39 Å². The average Bonchev–Trinajstić information content (AvgIpc) is 3.07. The normalized spacial score (nSPS) is 15.8. The van der Waals surface area contributed by atoms with Crippen molar-refractivity contribution in [2.45, 2.75) is 25.4 Å². The predicted molar refractivity (Wildman–Crippen MR) is 68.3 cm³/mol. The third-order valence-electron chi connectivity index (χ3n) is 2.84. The van der Waals surface area contributed by atoms with Gasteiger partial charge in [-0.1, -0.05) is 12.1 Å². The zero-order chi connectivity index (χ0) is 11.5. The van der Waals surface area contributed by atoms with Crippen LogP contribution in [0.5, 0.6) is 0 Å². The molecule has 0 unspecified atom stereocenters. The SMILES string of the molecule is Fc1cccc(CN(CCCl)C2CC2)c1Br. The molecule has 0 aliphatic heterocycles. The molecule has 16 heavy (non-hydrogen) atoms. The first kappa shape index (κ1) is 12.3. The van der Waals surface area contributed by atoms with Crippen LogP contribution in [0.2, 0.25) is 0 Å². The van der Waals surface area contributed by atoms with E-state index < -0.39 is 0 Å². The molecular weight excluding hydrogens is 292 g/mol. The van der Waals surface area contributed by atoms with E-state index in [4.69, 9.17) is 11.6 Å². The van der Waals surface area contributed by atoms with Crippen LogP contribution >= 0.6 is 27.5 Å². The van der Waals surface area contributed by atoms with Crippen LogP contribution in [0.3, 0.4) is 0 Å². The Bertz CT molecular complexity index is 368. The zero-order valence-corrected chi connectivity index (χ0v) is 11.3. The molecule has 0 radical (unpaired) electrons. The van der Waals surface area contributed by atoms with E-state index in [1.54, 1.807) is 6.07 Å². The quantitative estimate of drug-likeness (QED) is 0.748. The first-order chi connectivity index (χ1) is 7.72. The molecule has 1 nitrogen and oxygen atoms in total. The molecule has 0 heterocycles. The summed E-state index contributed by atoms with van der Waals surface area (Å²) < 4.78 is 13.9. The summed E-state index contributed by atoms with van der Waals surface area (Å²) in [5.41, 5.74) is 0.997. The van der Waals surface area contributed by atoms with E-state index in [1.807, 2.05) is 6.07 Å². The van der Waals surface area contributed by atoms with Gasteiger partial charge in [0, 0.05) is 25.0 Å². The highest BCUT2D eigenvalue weighted by molar-refractivity contribution is 9.10. The zero-order valence-electron chi connectivity index (χ0n) is 8.93. The van der Waals surface area contributed by atoms with Crippen LogP contribution in [0.25, 0.3) is 0 Å². The number of nitrogens with zero attached hydrogens (tertiary/aromatic N) is 1. The first-order valence-electron chi connectivity index (χ1n) is 5.45. The second kappa shape index (κ2) is 5.48. The standard InChI is InChI=1S/C12H14BrClFN/c13-12-9(2-1-3-11(12)15)8-16(7-6-14)10-4-5-10/h1-3,10H,4-8H2. The molecule has 0 saturated heterocycles. The van der Waals surface area contributed by atoms with Gasteiger partial charge in [-0.25, -0.2) is 4.39 Å². The Balaban J connectivity index is 2.08. The van der Waals surface area contributed by atoms with E-state index in [1.165, 1.54) is 18.9 Å². The summed E-state index contributed by atoms with van der Waals surface area (Å²) in [4.78, 5) is 2.33. The Morgan fingerprint density at radius 3 is 2.81 bits per heavy atom. The summed E-state index contributed by atoms with van der Waals surface area (Å²) in [6.07, 6.45) is 2.48. The van der Waals surface area contributed by atoms with Crippen LogP contribution < -0.4 is 0 Å². The summed E-state index contributed by atoms with van der Waals surface area (Å²) in [5.74, 6) is 0.433. The van der Waals surface area contributed by atoms with E-state index in [0.29, 0.717) is 16.4 Å². The molecule has 1 saturated carbocycles. The summed E-state index contributed by atoms with van der Waals surface area (Å²) >= 11 is 9.07. The highest BCUT2D eigenvalue weighted by Crippen LogP contribution is 2.30. The molecule has 1 aromatic carbocycles. The van der Waals surface area contributed by atoms with E-state index >= 15 is 0 Å². The van der Waals surface area contributed by atoms with Crippen LogP contribution in [0.1, 0.15) is 18.4 Å². The molecule has 2 rings (SSSR count). The van der Waals surface area contributed by atoms with Gasteiger partial charge in [0.15, 0.2) is 0 Å². The van der Waals surface area contributed by atoms with Crippen molar-refractivity contribution in [1.82, 2.24) is 4.90 Å². The Hall–Kier alpha value is -0.120. The van der Waals surface area contributed by atoms with Crippen LogP contribution in [0.15, 0.2) is 22.7 Å². The van der Waals surface area contributed by atoms with Crippen molar-refractivity contribution in [3.8, 4) is 0 Å². The predicted octanol–water partition coefficient (Wildman–Crippen LogP) is 3.79. The second-order valence-electron chi connectivity index (χ2n) is 4.10. The van der Waals surface area contributed by atoms with Crippen LogP contribution in [-0.2, 0) is 6.54 Å². The Labute approximate surface area is 109 Å². The van der Waals surface area contributed by atoms with E-state index in [-0.39, 0.29) is 5.82 Å². The fourth-order valence-electron chi connectivity index (χ4n) is 1.83. The van der Waals surface area contributed by atoms with Gasteiger partial charge in [0.2, 0.25) is 0 Å². The van der Waals surface area contributed by atoms with E-state index in [2.05, 4.69) is 20.8 Å². The van der Waals surface area contributed by atoms with Gasteiger partial charge in [0.05, 0.1) is 4.47 Å². The lowest BCUT2D eigenvalue weighted by Crippen LogP contribution is -2.27. The molecule has 0 atom stereocenters. The van der Waals surface area contributed by atoms with Crippen molar-refractivity contribution >= 4 is 27.5 Å². The Morgan fingerprint density at radius 2 is 2.19 bits per heavy atom. The van der Waals surface area contributed by atoms with Crippen molar-refractivity contribution in [3.63, 3.8) is 0 Å². The smallest absolute Gasteiger partial charge is 0.137 e. The summed E-state index contributed by atoms with van der Waals surface area (Å²) in [5, 5.41) is 0. The molecule has 0 amide bonds. The Kier molecular flexibility index (Phi) is 4.22. The van der Waals surface area contributed by atoms with Crippen molar-refractivity contribution in [1.29, 1.82) is 0 Å². The lowest BCUT2D eigenvalue weighted by Gasteiger charge is -2.21. The number of alkyl halides is 1. The van der Waals surface area contributed by atoms with Crippen LogP contribution in [-0.4, -0.2) is 23.4 Å². The van der Waals surface area contributed by atoms with Crippen molar-refractivity contribution in [2.24, 2.45) is 0 Å². The maximum atomic E-state index is 13.3. The second-order valence-corrected chi connectivity index (χ2v) is 5.27. The fraction of sp³-hybridized carbons (Fsp3) is 0.500. The third-order valence-corrected chi connectivity index (χ3v) is 3.90. The number of halogens is 3. The molecule has 88 valence electrons. The minimum Gasteiger partial charge on any atom is -0.295 e. The van der Waals surface area contributed by atoms with Gasteiger partial charge in [-0.2, -0.15) is 0 Å². The van der Waals surface area contributed by atoms with Crippen molar-refractivity contribution < 1.29 is 4.39 Å². The number of hydrogen-bond donors (Lipinski definition) is 0. The molecule has 0 spiro atoms. The summed E-state index contributed by atoms with van der Waals surface area (Å²) in [7, 11) is 0. The highest BCUT2D eigenvalue weighted by atomic mass is 79.9. The molecule has 0 N–H and O–H groups in total. The van der Waals surface area contributed by atoms with E-state index in [0.717, 1.165) is 18.7 Å². The first-order valence-corrected chi connectivity index (χ1v) is 6.78. The topological polar surface area (TPSA) is 3.24 Å². The lowest BCUT2D eigenvalue weighted by molar-refractivity contribution is 0.270. The lowest BCUT2D eigenvalue weighted by atomic mass is 10.2. The molecule has 0 bridgehead atoms. The maximum absolute atomic E-state index is 13.3. The van der Waals surface area contributed by atoms with Gasteiger partial charge in [-0.3, -0.25) is 4.90 Å². The summed E-state index contributed by atoms with van der Waals surface area (Å²) in [6.45, 7) is 1.64. The van der Waals surface area contributed by atoms with Crippen LogP contribution in [0, 0.1) is 5.82 Å². The minimum atomic E-state index is -0.195. The molecule has 0 aromatic heterocycles. The molecule has 1 aromatic rings. The van der Waals surface area contributed by atoms with Gasteiger partial charge in [-0.05, 0) is 40.4 Å². The molecular formula is C12H14BrClFN. The van der Waals surface area contributed by atoms with Gasteiger partial charge in [-0.15, -0.1) is 11.6 Å². The van der Waals surface area contributed by atoms with Gasteiger partial charge in [0.25, 0.3) is 0 Å². The van der Waals surface area contributed by atoms with Crippen molar-refractivity contribution in [3.05, 3.63) is 34.1 Å². The molecule has 1 fully saturated rings. The highest BCUT2D eigenvalue weighted by Gasteiger charge is 2.28. The minimum absolute atomic E-state index is 0.195. The van der Waals surface area contributed by atoms with Crippen molar-refractivity contribution in [2.75, 3.05) is 12.4 Å². The monoisotopic (exact) mass is 305 g/mol.